The van der Waals surface area contributed by atoms with E-state index in [1.807, 2.05) is 30.3 Å². The fraction of sp³-hybridized carbons (Fsp3) is 0. The Morgan fingerprint density at radius 2 is 1.56 bits per heavy atom. The van der Waals surface area contributed by atoms with Crippen molar-refractivity contribution < 1.29 is 18.7 Å². The third-order valence-electron chi connectivity index (χ3n) is 3.32. The number of nitrogens with one attached hydrogen (secondary N) is 1. The van der Waals surface area contributed by atoms with E-state index in [0.717, 1.165) is 5.39 Å². The van der Waals surface area contributed by atoms with E-state index in [1.165, 1.54) is 6.07 Å². The third-order valence-corrected chi connectivity index (χ3v) is 3.32. The van der Waals surface area contributed by atoms with Crippen molar-refractivity contribution in [3.05, 3.63) is 66.2 Å². The molecule has 3 rings (SSSR count). The van der Waals surface area contributed by atoms with Crippen molar-refractivity contribution in [2.45, 2.75) is 0 Å². The standard InChI is InChI=1S/C17H14N2O2.H3NO2S/c18-15-10-14(16(20)13-9-5-4-8-12(13)15)17(21)19-11-6-2-1-3-7-11;1-4(2)3/h1-10,20H,18H2,(H,19,21);1H2,(H,2,3)/p-1. The monoisotopic (exact) mass is 358 g/mol. The number of rotatable bonds is 2. The number of carbonyl (C=O) groups is 1. The molecule has 3 aromatic carbocycles. The average Bonchev–Trinajstić information content (AvgIpc) is 2.58. The molecule has 0 aliphatic heterocycles. The normalized spacial score (nSPS) is 11.3. The first kappa shape index (κ1) is 18.4. The summed E-state index contributed by atoms with van der Waals surface area (Å²) in [4.78, 5) is 12.3. The lowest BCUT2D eigenvalue weighted by atomic mass is 10.0. The largest absolute Gasteiger partial charge is 0.760 e. The second-order valence-corrected chi connectivity index (χ2v) is 5.51. The van der Waals surface area contributed by atoms with Crippen LogP contribution in [0.25, 0.3) is 10.8 Å². The molecular formula is C17H16N3O4S-. The average molecular weight is 358 g/mol. The number of hydrogen-bond donors (Lipinski definition) is 4. The van der Waals surface area contributed by atoms with Crippen molar-refractivity contribution in [1.29, 1.82) is 0 Å². The van der Waals surface area contributed by atoms with E-state index in [-0.39, 0.29) is 11.3 Å². The van der Waals surface area contributed by atoms with Gasteiger partial charge in [0.15, 0.2) is 0 Å². The van der Waals surface area contributed by atoms with Gasteiger partial charge in [-0.25, -0.2) is 0 Å². The molecule has 0 aliphatic carbocycles. The lowest BCUT2D eigenvalue weighted by Crippen LogP contribution is -2.12. The Hall–Kier alpha value is -2.94. The lowest BCUT2D eigenvalue weighted by molar-refractivity contribution is 0.102. The molecule has 1 amide bonds. The first-order valence-corrected chi connectivity index (χ1v) is 8.24. The van der Waals surface area contributed by atoms with Gasteiger partial charge >= 0.3 is 0 Å². The number of phenolic OH excluding ortho intramolecular Hbond substituents is 1. The number of para-hydroxylation sites is 1. The van der Waals surface area contributed by atoms with Crippen molar-refractivity contribution in [2.75, 3.05) is 11.1 Å². The predicted molar refractivity (Wildman–Crippen MR) is 97.5 cm³/mol. The molecule has 6 N–H and O–H groups in total. The Kier molecular flexibility index (Phi) is 6.07. The van der Waals surface area contributed by atoms with Crippen LogP contribution in [0.15, 0.2) is 60.7 Å². The first-order valence-electron chi connectivity index (χ1n) is 7.10. The van der Waals surface area contributed by atoms with Gasteiger partial charge in [0.1, 0.15) is 5.75 Å². The highest BCUT2D eigenvalue weighted by Gasteiger charge is 2.16. The zero-order valence-electron chi connectivity index (χ0n) is 13.0. The van der Waals surface area contributed by atoms with Crippen LogP contribution in [0.4, 0.5) is 11.4 Å². The molecule has 1 unspecified atom stereocenters. The smallest absolute Gasteiger partial charge is 0.259 e. The van der Waals surface area contributed by atoms with E-state index in [4.69, 9.17) is 14.5 Å². The second kappa shape index (κ2) is 8.25. The number of phenols is 1. The molecule has 0 heterocycles. The van der Waals surface area contributed by atoms with Gasteiger partial charge < -0.3 is 20.7 Å². The number of nitrogen functional groups attached to an aromatic ring is 1. The van der Waals surface area contributed by atoms with Gasteiger partial charge in [0.2, 0.25) is 0 Å². The maximum atomic E-state index is 12.3. The van der Waals surface area contributed by atoms with Crippen molar-refractivity contribution >= 4 is 39.3 Å². The molecule has 8 heteroatoms. The Balaban J connectivity index is 0.000000511. The molecular weight excluding hydrogens is 342 g/mol. The van der Waals surface area contributed by atoms with Crippen LogP contribution >= 0.6 is 0 Å². The van der Waals surface area contributed by atoms with Gasteiger partial charge in [0, 0.05) is 33.4 Å². The summed E-state index contributed by atoms with van der Waals surface area (Å²) in [6, 6.07) is 17.7. The first-order chi connectivity index (χ1) is 11.9. The Morgan fingerprint density at radius 1 is 1.04 bits per heavy atom. The van der Waals surface area contributed by atoms with E-state index in [0.29, 0.717) is 16.8 Å². The van der Waals surface area contributed by atoms with Crippen LogP contribution in [0.2, 0.25) is 0 Å². The summed E-state index contributed by atoms with van der Waals surface area (Å²) in [7, 11) is 0. The van der Waals surface area contributed by atoms with Crippen LogP contribution in [0.5, 0.6) is 5.75 Å². The molecule has 3 aromatic rings. The molecule has 0 spiro atoms. The third kappa shape index (κ3) is 4.77. The highest BCUT2D eigenvalue weighted by molar-refractivity contribution is 7.76. The number of anilines is 2. The molecule has 7 nitrogen and oxygen atoms in total. The molecule has 0 aliphatic rings. The minimum atomic E-state index is -2.36. The maximum absolute atomic E-state index is 12.3. The molecule has 0 saturated heterocycles. The van der Waals surface area contributed by atoms with Gasteiger partial charge in [-0.15, -0.1) is 0 Å². The van der Waals surface area contributed by atoms with E-state index in [1.54, 1.807) is 24.3 Å². The second-order valence-electron chi connectivity index (χ2n) is 4.99. The summed E-state index contributed by atoms with van der Waals surface area (Å²) in [6.07, 6.45) is 0. The molecule has 25 heavy (non-hydrogen) atoms. The van der Waals surface area contributed by atoms with Crippen molar-refractivity contribution in [2.24, 2.45) is 5.14 Å². The summed E-state index contributed by atoms with van der Waals surface area (Å²) < 4.78 is 17.6. The Morgan fingerprint density at radius 3 is 2.16 bits per heavy atom. The van der Waals surface area contributed by atoms with Crippen LogP contribution in [0, 0.1) is 0 Å². The van der Waals surface area contributed by atoms with Crippen LogP contribution in [-0.4, -0.2) is 19.8 Å². The van der Waals surface area contributed by atoms with Crippen LogP contribution in [0.3, 0.4) is 0 Å². The van der Waals surface area contributed by atoms with E-state index < -0.39 is 17.2 Å². The van der Waals surface area contributed by atoms with Crippen LogP contribution in [-0.2, 0) is 11.3 Å². The quantitative estimate of drug-likeness (QED) is 0.315. The molecule has 0 radical (unpaired) electrons. The topological polar surface area (TPSA) is 142 Å². The summed E-state index contributed by atoms with van der Waals surface area (Å²) in [5.41, 5.74) is 7.25. The molecule has 1 atom stereocenters. The van der Waals surface area contributed by atoms with Crippen molar-refractivity contribution in [1.82, 2.24) is 0 Å². The summed E-state index contributed by atoms with van der Waals surface area (Å²) in [5.74, 6) is -0.454. The minimum Gasteiger partial charge on any atom is -0.760 e. The number of benzene rings is 3. The number of hydrogen-bond acceptors (Lipinski definition) is 5. The van der Waals surface area contributed by atoms with E-state index in [9.17, 15) is 9.90 Å². The number of aromatic hydroxyl groups is 1. The van der Waals surface area contributed by atoms with Gasteiger partial charge in [-0.2, -0.15) is 0 Å². The molecule has 0 aromatic heterocycles. The van der Waals surface area contributed by atoms with Crippen LogP contribution in [0.1, 0.15) is 10.4 Å². The van der Waals surface area contributed by atoms with E-state index >= 15 is 0 Å². The van der Waals surface area contributed by atoms with Gasteiger partial charge in [-0.05, 0) is 18.2 Å². The maximum Gasteiger partial charge on any atom is 0.259 e. The Bertz CT molecular complexity index is 912. The molecule has 0 fully saturated rings. The molecule has 0 saturated carbocycles. The van der Waals surface area contributed by atoms with Gasteiger partial charge in [0.05, 0.1) is 5.56 Å². The van der Waals surface area contributed by atoms with Gasteiger partial charge in [-0.3, -0.25) is 14.1 Å². The number of fused-ring (bicyclic) bond motifs is 1. The summed E-state index contributed by atoms with van der Waals surface area (Å²) in [6.45, 7) is 0. The number of nitrogens with two attached hydrogens (primary N) is 2. The molecule has 130 valence electrons. The predicted octanol–water partition coefficient (Wildman–Crippen LogP) is 2.12. The van der Waals surface area contributed by atoms with Crippen molar-refractivity contribution in [3.8, 4) is 5.75 Å². The van der Waals surface area contributed by atoms with Crippen molar-refractivity contribution in [3.63, 3.8) is 0 Å². The number of carbonyl (C=O) groups excluding carboxylic acids is 1. The zero-order chi connectivity index (χ0) is 18.4. The fourth-order valence-corrected chi connectivity index (χ4v) is 2.28. The highest BCUT2D eigenvalue weighted by Crippen LogP contribution is 2.33. The Labute approximate surface area is 146 Å². The zero-order valence-corrected chi connectivity index (χ0v) is 13.8. The van der Waals surface area contributed by atoms with Gasteiger partial charge in [-0.1, -0.05) is 42.5 Å². The lowest BCUT2D eigenvalue weighted by Gasteiger charge is -2.11. The minimum absolute atomic E-state index is 0.0618. The van der Waals surface area contributed by atoms with Crippen LogP contribution < -0.4 is 16.2 Å². The SMILES string of the molecule is NS(=O)[O-].Nc1cc(C(=O)Nc2ccccc2)c(O)c2ccccc12. The van der Waals surface area contributed by atoms with Gasteiger partial charge in [0.25, 0.3) is 5.91 Å². The molecule has 0 bridgehead atoms. The van der Waals surface area contributed by atoms with E-state index in [2.05, 4.69) is 10.5 Å². The highest BCUT2D eigenvalue weighted by atomic mass is 32.2. The summed E-state index contributed by atoms with van der Waals surface area (Å²) >= 11 is -2.36. The summed E-state index contributed by atoms with van der Waals surface area (Å²) in [5, 5.41) is 18.4. The number of amides is 1. The fourth-order valence-electron chi connectivity index (χ4n) is 2.28.